The minimum atomic E-state index is -0.766. The van der Waals surface area contributed by atoms with Crippen LogP contribution in [0.4, 0.5) is 5.69 Å². The summed E-state index contributed by atoms with van der Waals surface area (Å²) in [5.74, 6) is -0.968. The van der Waals surface area contributed by atoms with E-state index in [1.165, 1.54) is 0 Å². The molecule has 3 heterocycles. The molecule has 0 unspecified atom stereocenters. The fraction of sp³-hybridized carbons (Fsp3) is 0.304. The minimum Gasteiger partial charge on any atom is -0.497 e. The van der Waals surface area contributed by atoms with Crippen LogP contribution in [0.3, 0.4) is 0 Å². The van der Waals surface area contributed by atoms with Crippen molar-refractivity contribution in [2.45, 2.75) is 18.3 Å². The Labute approximate surface area is 168 Å². The number of hydrogen-bond donors (Lipinski definition) is 0. The van der Waals surface area contributed by atoms with E-state index in [4.69, 9.17) is 14.2 Å². The van der Waals surface area contributed by atoms with E-state index < -0.39 is 23.5 Å². The highest BCUT2D eigenvalue weighted by Crippen LogP contribution is 2.53. The molecule has 4 atom stereocenters. The van der Waals surface area contributed by atoms with E-state index >= 15 is 0 Å². The first-order chi connectivity index (χ1) is 14.1. The zero-order valence-electron chi connectivity index (χ0n) is 16.0. The van der Waals surface area contributed by atoms with Gasteiger partial charge in [0.1, 0.15) is 23.9 Å². The first-order valence-corrected chi connectivity index (χ1v) is 9.64. The van der Waals surface area contributed by atoms with Crippen LogP contribution in [-0.4, -0.2) is 37.2 Å². The van der Waals surface area contributed by atoms with Gasteiger partial charge in [-0.05, 0) is 29.8 Å². The van der Waals surface area contributed by atoms with Crippen molar-refractivity contribution >= 4 is 17.6 Å². The van der Waals surface area contributed by atoms with Crippen LogP contribution in [0.15, 0.2) is 66.7 Å². The van der Waals surface area contributed by atoms with Crippen LogP contribution >= 0.6 is 0 Å². The zero-order valence-corrected chi connectivity index (χ0v) is 16.0. The van der Waals surface area contributed by atoms with E-state index in [1.807, 2.05) is 66.7 Å². The molecule has 2 saturated heterocycles. The first-order valence-electron chi connectivity index (χ1n) is 9.64. The molecule has 2 bridgehead atoms. The third-order valence-corrected chi connectivity index (χ3v) is 5.98. The Morgan fingerprint density at radius 3 is 2.66 bits per heavy atom. The molecule has 3 aliphatic heterocycles. The Morgan fingerprint density at radius 2 is 1.93 bits per heavy atom. The van der Waals surface area contributed by atoms with Gasteiger partial charge >= 0.3 is 5.97 Å². The lowest BCUT2D eigenvalue weighted by molar-refractivity contribution is -0.153. The maximum Gasteiger partial charge on any atom is 0.313 e. The highest BCUT2D eigenvalue weighted by atomic mass is 16.6. The molecule has 0 aromatic heterocycles. The molecule has 2 aromatic carbocycles. The Bertz CT molecular complexity index is 971. The van der Waals surface area contributed by atoms with Gasteiger partial charge in [-0.15, -0.1) is 0 Å². The third-order valence-electron chi connectivity index (χ3n) is 5.98. The lowest BCUT2D eigenvalue weighted by Gasteiger charge is -2.22. The molecular weight excluding hydrogens is 370 g/mol. The summed E-state index contributed by atoms with van der Waals surface area (Å²) in [7, 11) is 1.60. The molecule has 0 aliphatic carbocycles. The van der Waals surface area contributed by atoms with E-state index in [9.17, 15) is 9.59 Å². The number of hydrogen-bond acceptors (Lipinski definition) is 5. The van der Waals surface area contributed by atoms with Gasteiger partial charge in [0.15, 0.2) is 0 Å². The summed E-state index contributed by atoms with van der Waals surface area (Å²) in [6.45, 7) is 0.570. The second kappa shape index (κ2) is 6.74. The average Bonchev–Trinajstić information content (AvgIpc) is 3.41. The van der Waals surface area contributed by atoms with Crippen molar-refractivity contribution in [2.24, 2.45) is 11.8 Å². The molecule has 1 amide bonds. The highest BCUT2D eigenvalue weighted by Gasteiger charge is 2.67. The topological polar surface area (TPSA) is 65.1 Å². The summed E-state index contributed by atoms with van der Waals surface area (Å²) < 4.78 is 16.9. The van der Waals surface area contributed by atoms with Crippen molar-refractivity contribution in [1.29, 1.82) is 0 Å². The van der Waals surface area contributed by atoms with Crippen LogP contribution in [0.2, 0.25) is 0 Å². The second-order valence-electron chi connectivity index (χ2n) is 7.62. The predicted octanol–water partition coefficient (Wildman–Crippen LogP) is 2.73. The largest absolute Gasteiger partial charge is 0.497 e. The van der Waals surface area contributed by atoms with Crippen LogP contribution in [-0.2, 0) is 25.7 Å². The highest BCUT2D eigenvalue weighted by molar-refractivity contribution is 6.02. The summed E-state index contributed by atoms with van der Waals surface area (Å²) >= 11 is 0. The normalized spacial score (nSPS) is 29.2. The van der Waals surface area contributed by atoms with E-state index in [0.29, 0.717) is 6.54 Å². The third kappa shape index (κ3) is 2.83. The molecule has 6 heteroatoms. The number of methoxy groups -OCH3 is 1. The Morgan fingerprint density at radius 1 is 1.17 bits per heavy atom. The van der Waals surface area contributed by atoms with Crippen LogP contribution in [0, 0.1) is 11.8 Å². The molecule has 6 nitrogen and oxygen atoms in total. The maximum absolute atomic E-state index is 13.3. The molecule has 0 saturated carbocycles. The number of fused-ring (bicyclic) bond motifs is 1. The molecule has 1 spiro atoms. The first kappa shape index (κ1) is 17.9. The molecular formula is C23H21NO5. The second-order valence-corrected chi connectivity index (χ2v) is 7.62. The van der Waals surface area contributed by atoms with E-state index in [0.717, 1.165) is 17.0 Å². The van der Waals surface area contributed by atoms with Crippen molar-refractivity contribution in [3.63, 3.8) is 0 Å². The molecule has 148 valence electrons. The SMILES string of the molecule is COc1ccc(N2C[C@]34C=C[C@H](O3)[C@H](C(=O)OCc3ccccc3)[C@@H]4C2=O)cc1. The minimum absolute atomic E-state index is 0.108. The van der Waals surface area contributed by atoms with Gasteiger partial charge in [-0.25, -0.2) is 0 Å². The Kier molecular flexibility index (Phi) is 4.17. The summed E-state index contributed by atoms with van der Waals surface area (Å²) in [4.78, 5) is 27.9. The number of nitrogens with zero attached hydrogens (tertiary/aromatic N) is 1. The number of benzene rings is 2. The van der Waals surface area contributed by atoms with Gasteiger partial charge in [0.2, 0.25) is 5.91 Å². The van der Waals surface area contributed by atoms with Crippen LogP contribution in [0.1, 0.15) is 5.56 Å². The number of carbonyl (C=O) groups is 2. The molecule has 5 rings (SSSR count). The number of amides is 1. The average molecular weight is 391 g/mol. The lowest BCUT2D eigenvalue weighted by atomic mass is 9.77. The van der Waals surface area contributed by atoms with Crippen LogP contribution in [0.25, 0.3) is 0 Å². The fourth-order valence-corrected chi connectivity index (χ4v) is 4.57. The molecule has 3 aliphatic rings. The van der Waals surface area contributed by atoms with Gasteiger partial charge in [-0.1, -0.05) is 42.5 Å². The smallest absolute Gasteiger partial charge is 0.313 e. The van der Waals surface area contributed by atoms with Crippen molar-refractivity contribution < 1.29 is 23.8 Å². The van der Waals surface area contributed by atoms with E-state index in [-0.39, 0.29) is 18.5 Å². The zero-order chi connectivity index (χ0) is 20.0. The van der Waals surface area contributed by atoms with Crippen molar-refractivity contribution in [3.8, 4) is 5.75 Å². The summed E-state index contributed by atoms with van der Waals surface area (Å²) in [6.07, 6.45) is 3.41. The number of anilines is 1. The number of ether oxygens (including phenoxy) is 3. The fourth-order valence-electron chi connectivity index (χ4n) is 4.57. The molecule has 2 fully saturated rings. The van der Waals surface area contributed by atoms with E-state index in [2.05, 4.69) is 0 Å². The molecule has 0 radical (unpaired) electrons. The van der Waals surface area contributed by atoms with Crippen LogP contribution in [0.5, 0.6) is 5.75 Å². The lowest BCUT2D eigenvalue weighted by Crippen LogP contribution is -2.40. The van der Waals surface area contributed by atoms with Crippen molar-refractivity contribution in [3.05, 3.63) is 72.3 Å². The van der Waals surface area contributed by atoms with Crippen molar-refractivity contribution in [2.75, 3.05) is 18.6 Å². The number of rotatable bonds is 5. The van der Waals surface area contributed by atoms with Gasteiger partial charge in [0.05, 0.1) is 25.7 Å². The summed E-state index contributed by atoms with van der Waals surface area (Å²) in [5, 5.41) is 0. The predicted molar refractivity (Wildman–Crippen MR) is 105 cm³/mol. The van der Waals surface area contributed by atoms with E-state index in [1.54, 1.807) is 12.0 Å². The standard InChI is InChI=1S/C23H21NO5/c1-27-17-9-7-16(8-10-17)24-14-23-12-11-18(29-23)19(20(23)21(24)25)22(26)28-13-15-5-3-2-4-6-15/h2-12,18-20H,13-14H2,1H3/t18-,19-,20+,23-/m0/s1. The van der Waals surface area contributed by atoms with Gasteiger partial charge < -0.3 is 19.1 Å². The maximum atomic E-state index is 13.3. The van der Waals surface area contributed by atoms with Crippen LogP contribution < -0.4 is 9.64 Å². The summed E-state index contributed by atoms with van der Waals surface area (Å²) in [6, 6.07) is 16.8. The number of carbonyl (C=O) groups excluding carboxylic acids is 2. The van der Waals surface area contributed by atoms with Gasteiger partial charge in [-0.3, -0.25) is 9.59 Å². The molecule has 29 heavy (non-hydrogen) atoms. The van der Waals surface area contributed by atoms with Gasteiger partial charge in [0.25, 0.3) is 0 Å². The quantitative estimate of drug-likeness (QED) is 0.579. The molecule has 0 N–H and O–H groups in total. The van der Waals surface area contributed by atoms with Crippen molar-refractivity contribution in [1.82, 2.24) is 0 Å². The van der Waals surface area contributed by atoms with Gasteiger partial charge in [-0.2, -0.15) is 0 Å². The monoisotopic (exact) mass is 391 g/mol. The summed E-state index contributed by atoms with van der Waals surface area (Å²) in [5.41, 5.74) is 0.905. The van der Waals surface area contributed by atoms with Gasteiger partial charge in [0, 0.05) is 5.69 Å². The molecule has 2 aromatic rings. The Hall–Kier alpha value is -3.12. The Balaban J connectivity index is 1.37. The number of esters is 1.